The Bertz CT molecular complexity index is 663. The van der Waals surface area contributed by atoms with Gasteiger partial charge in [0, 0.05) is 24.2 Å². The number of carbonyl (C=O) groups is 2. The van der Waals surface area contributed by atoms with E-state index in [2.05, 4.69) is 26.8 Å². The Kier molecular flexibility index (Phi) is 3.47. The van der Waals surface area contributed by atoms with E-state index >= 15 is 0 Å². The van der Waals surface area contributed by atoms with Gasteiger partial charge in [0.1, 0.15) is 5.78 Å². The number of ketones is 2. The second-order valence-corrected chi connectivity index (χ2v) is 9.07. The SMILES string of the molecule is CCC1=CC2C(=N)C(=O)CC[C@]2(C)[C@H]2CC[C@]3(C)C(=O)CC[C@H]3[C@H]12. The maximum atomic E-state index is 12.6. The van der Waals surface area contributed by atoms with Crippen LogP contribution in [0.2, 0.25) is 0 Å². The number of Topliss-reactive ketones (excluding diaryl/α,β-unsaturated/α-hetero) is 2. The molecule has 3 fully saturated rings. The Labute approximate surface area is 144 Å². The van der Waals surface area contributed by atoms with E-state index in [9.17, 15) is 9.59 Å². The van der Waals surface area contributed by atoms with Crippen molar-refractivity contribution < 1.29 is 9.59 Å². The van der Waals surface area contributed by atoms with Crippen LogP contribution in [0.3, 0.4) is 0 Å². The summed E-state index contributed by atoms with van der Waals surface area (Å²) in [7, 11) is 0. The summed E-state index contributed by atoms with van der Waals surface area (Å²) in [5.41, 5.74) is 1.66. The van der Waals surface area contributed by atoms with Crippen LogP contribution >= 0.6 is 0 Å². The molecule has 3 heteroatoms. The van der Waals surface area contributed by atoms with Gasteiger partial charge in [-0.3, -0.25) is 9.59 Å². The van der Waals surface area contributed by atoms with Crippen molar-refractivity contribution in [1.82, 2.24) is 0 Å². The molecule has 0 radical (unpaired) electrons. The van der Waals surface area contributed by atoms with E-state index in [4.69, 9.17) is 5.41 Å². The molecule has 1 unspecified atom stereocenters. The second kappa shape index (κ2) is 5.12. The molecule has 0 heterocycles. The molecule has 4 aliphatic carbocycles. The van der Waals surface area contributed by atoms with E-state index in [1.165, 1.54) is 5.57 Å². The largest absolute Gasteiger partial charge is 0.301 e. The number of nitrogens with one attached hydrogen (secondary N) is 1. The van der Waals surface area contributed by atoms with Crippen LogP contribution in [0.5, 0.6) is 0 Å². The van der Waals surface area contributed by atoms with Gasteiger partial charge in [0.25, 0.3) is 0 Å². The van der Waals surface area contributed by atoms with Crippen molar-refractivity contribution >= 4 is 17.3 Å². The van der Waals surface area contributed by atoms with Crippen molar-refractivity contribution in [3.05, 3.63) is 11.6 Å². The molecule has 3 nitrogen and oxygen atoms in total. The summed E-state index contributed by atoms with van der Waals surface area (Å²) >= 11 is 0. The van der Waals surface area contributed by atoms with Crippen LogP contribution in [0.1, 0.15) is 65.7 Å². The summed E-state index contributed by atoms with van der Waals surface area (Å²) < 4.78 is 0. The van der Waals surface area contributed by atoms with E-state index in [0.29, 0.717) is 35.7 Å². The number of carbonyl (C=O) groups excluding carboxylic acids is 2. The summed E-state index contributed by atoms with van der Waals surface area (Å²) in [5, 5.41) is 8.39. The molecule has 0 bridgehead atoms. The van der Waals surface area contributed by atoms with Crippen molar-refractivity contribution in [3.63, 3.8) is 0 Å². The highest BCUT2D eigenvalue weighted by atomic mass is 16.1. The lowest BCUT2D eigenvalue weighted by Gasteiger charge is -2.58. The third-order valence-corrected chi connectivity index (χ3v) is 8.26. The van der Waals surface area contributed by atoms with Crippen molar-refractivity contribution in [1.29, 1.82) is 5.41 Å². The van der Waals surface area contributed by atoms with E-state index in [0.717, 1.165) is 38.5 Å². The monoisotopic (exact) mass is 327 g/mol. The average molecular weight is 327 g/mol. The lowest BCUT2D eigenvalue weighted by Crippen LogP contribution is -2.55. The lowest BCUT2D eigenvalue weighted by molar-refractivity contribution is -0.132. The average Bonchev–Trinajstić information content (AvgIpc) is 2.87. The van der Waals surface area contributed by atoms with Gasteiger partial charge in [-0.05, 0) is 55.3 Å². The topological polar surface area (TPSA) is 58.0 Å². The van der Waals surface area contributed by atoms with Gasteiger partial charge in [0.15, 0.2) is 5.78 Å². The quantitative estimate of drug-likeness (QED) is 0.728. The first-order valence-corrected chi connectivity index (χ1v) is 9.68. The fourth-order valence-corrected chi connectivity index (χ4v) is 6.71. The molecule has 6 atom stereocenters. The summed E-state index contributed by atoms with van der Waals surface area (Å²) in [6.45, 7) is 6.72. The highest BCUT2D eigenvalue weighted by Gasteiger charge is 2.61. The number of fused-ring (bicyclic) bond motifs is 5. The standard InChI is InChI=1S/C21H29NO2/c1-4-12-11-15-19(22)16(23)8-10-20(15,2)14-7-9-21(3)13(18(12)14)5-6-17(21)24/h11,13-15,18,22H,4-10H2,1-3H3/t13-,14-,15?,18-,20+,21-/m0/s1. The zero-order valence-electron chi connectivity index (χ0n) is 15.2. The van der Waals surface area contributed by atoms with E-state index < -0.39 is 0 Å². The lowest BCUT2D eigenvalue weighted by atomic mass is 9.45. The second-order valence-electron chi connectivity index (χ2n) is 9.07. The van der Waals surface area contributed by atoms with Gasteiger partial charge in [0.2, 0.25) is 0 Å². The van der Waals surface area contributed by atoms with Gasteiger partial charge < -0.3 is 5.41 Å². The third-order valence-electron chi connectivity index (χ3n) is 8.26. The molecule has 1 N–H and O–H groups in total. The minimum Gasteiger partial charge on any atom is -0.301 e. The van der Waals surface area contributed by atoms with Gasteiger partial charge in [-0.2, -0.15) is 0 Å². The number of hydrogen-bond donors (Lipinski definition) is 1. The summed E-state index contributed by atoms with van der Waals surface area (Å²) in [4.78, 5) is 24.7. The highest BCUT2D eigenvalue weighted by Crippen LogP contribution is 2.64. The van der Waals surface area contributed by atoms with Crippen LogP contribution in [0, 0.1) is 39.9 Å². The molecule has 0 aromatic heterocycles. The number of rotatable bonds is 1. The zero-order valence-corrected chi connectivity index (χ0v) is 15.2. The fourth-order valence-electron chi connectivity index (χ4n) is 6.71. The van der Waals surface area contributed by atoms with Gasteiger partial charge >= 0.3 is 0 Å². The third kappa shape index (κ3) is 1.87. The molecule has 0 spiro atoms. The van der Waals surface area contributed by atoms with Crippen molar-refractivity contribution in [2.24, 2.45) is 34.5 Å². The van der Waals surface area contributed by atoms with Crippen LogP contribution in [0.4, 0.5) is 0 Å². The first-order chi connectivity index (χ1) is 11.3. The Morgan fingerprint density at radius 2 is 1.88 bits per heavy atom. The molecule has 0 aliphatic heterocycles. The van der Waals surface area contributed by atoms with Gasteiger partial charge in [-0.1, -0.05) is 32.4 Å². The first-order valence-electron chi connectivity index (χ1n) is 9.68. The molecule has 0 aromatic carbocycles. The van der Waals surface area contributed by atoms with E-state index in [1.54, 1.807) is 0 Å². The molecule has 0 saturated heterocycles. The highest BCUT2D eigenvalue weighted by molar-refractivity contribution is 6.40. The minimum atomic E-state index is -0.128. The van der Waals surface area contributed by atoms with Crippen LogP contribution in [0.25, 0.3) is 0 Å². The minimum absolute atomic E-state index is 0.00332. The predicted molar refractivity (Wildman–Crippen MR) is 94.0 cm³/mol. The molecular formula is C21H29NO2. The van der Waals surface area contributed by atoms with Crippen LogP contribution in [0.15, 0.2) is 11.6 Å². The van der Waals surface area contributed by atoms with Gasteiger partial charge in [-0.15, -0.1) is 0 Å². The van der Waals surface area contributed by atoms with E-state index in [1.807, 2.05) is 0 Å². The van der Waals surface area contributed by atoms with Gasteiger partial charge in [0.05, 0.1) is 5.71 Å². The van der Waals surface area contributed by atoms with Crippen LogP contribution < -0.4 is 0 Å². The van der Waals surface area contributed by atoms with Crippen molar-refractivity contribution in [2.45, 2.75) is 65.7 Å². The maximum Gasteiger partial charge on any atom is 0.176 e. The van der Waals surface area contributed by atoms with Crippen LogP contribution in [-0.4, -0.2) is 17.3 Å². The van der Waals surface area contributed by atoms with Crippen molar-refractivity contribution in [3.8, 4) is 0 Å². The summed E-state index contributed by atoms with van der Waals surface area (Å²) in [6, 6.07) is 0. The molecule has 0 aromatic rings. The molecular weight excluding hydrogens is 298 g/mol. The molecule has 0 amide bonds. The summed E-state index contributed by atoms with van der Waals surface area (Å²) in [5.74, 6) is 2.00. The molecule has 3 saturated carbocycles. The van der Waals surface area contributed by atoms with Crippen LogP contribution in [-0.2, 0) is 9.59 Å². The summed E-state index contributed by atoms with van der Waals surface area (Å²) in [6.07, 6.45) is 8.55. The Hall–Kier alpha value is -1.25. The smallest absolute Gasteiger partial charge is 0.176 e. The van der Waals surface area contributed by atoms with Gasteiger partial charge in [-0.25, -0.2) is 0 Å². The fraction of sp³-hybridized carbons (Fsp3) is 0.762. The zero-order chi connectivity index (χ0) is 17.3. The number of allylic oxidation sites excluding steroid dienone is 2. The predicted octanol–water partition coefficient (Wildman–Crippen LogP) is 4.35. The Morgan fingerprint density at radius 3 is 2.58 bits per heavy atom. The normalized spacial score (nSPS) is 47.8. The molecule has 130 valence electrons. The first kappa shape index (κ1) is 16.2. The van der Waals surface area contributed by atoms with E-state index in [-0.39, 0.29) is 22.5 Å². The number of hydrogen-bond acceptors (Lipinski definition) is 3. The molecule has 24 heavy (non-hydrogen) atoms. The molecule has 4 aliphatic rings. The maximum absolute atomic E-state index is 12.6. The molecule has 4 rings (SSSR count). The Morgan fingerprint density at radius 1 is 1.12 bits per heavy atom. The van der Waals surface area contributed by atoms with Crippen molar-refractivity contribution in [2.75, 3.05) is 0 Å². The Balaban J connectivity index is 1.82.